The third-order valence-electron chi connectivity index (χ3n) is 5.72. The average molecular weight is 397 g/mol. The van der Waals surface area contributed by atoms with Crippen LogP contribution in [-0.2, 0) is 15.8 Å². The van der Waals surface area contributed by atoms with Crippen LogP contribution in [-0.4, -0.2) is 54.8 Å². The fraction of sp³-hybridized carbons (Fsp3) is 0.600. The molecule has 28 heavy (non-hydrogen) atoms. The Balaban J connectivity index is 1.51. The van der Waals surface area contributed by atoms with Crippen molar-refractivity contribution in [2.45, 2.75) is 31.9 Å². The van der Waals surface area contributed by atoms with E-state index in [1.165, 1.54) is 12.1 Å². The van der Waals surface area contributed by atoms with Crippen LogP contribution in [0.1, 0.15) is 31.2 Å². The minimum atomic E-state index is -4.44. The van der Waals surface area contributed by atoms with Crippen LogP contribution in [0.25, 0.3) is 0 Å². The number of alkyl halides is 3. The van der Waals surface area contributed by atoms with E-state index in [1.54, 1.807) is 0 Å². The van der Waals surface area contributed by atoms with Crippen LogP contribution >= 0.6 is 0 Å². The quantitative estimate of drug-likeness (QED) is 0.852. The van der Waals surface area contributed by atoms with Crippen molar-refractivity contribution in [2.75, 3.05) is 38.5 Å². The number of nitrogens with zero attached hydrogens (tertiary/aromatic N) is 2. The molecular formula is C20H26F3N3O2. The summed E-state index contributed by atoms with van der Waals surface area (Å²) in [4.78, 5) is 29.2. The first-order valence-corrected chi connectivity index (χ1v) is 9.69. The van der Waals surface area contributed by atoms with Crippen LogP contribution in [0.5, 0.6) is 0 Å². The Bertz CT molecular complexity index is 707. The van der Waals surface area contributed by atoms with Crippen molar-refractivity contribution in [2.24, 2.45) is 11.8 Å². The highest BCUT2D eigenvalue weighted by Gasteiger charge is 2.34. The zero-order valence-corrected chi connectivity index (χ0v) is 16.0. The van der Waals surface area contributed by atoms with Crippen LogP contribution < -0.4 is 5.32 Å². The Morgan fingerprint density at radius 1 is 1.00 bits per heavy atom. The standard InChI is InChI=1S/C20H26F3N3O2/c1-25-9-11-26(12-10-25)19(28)15-7-5-14(6-8-15)18(27)24-17-4-2-3-16(13-17)20(21,22)23/h2-4,13-15H,5-12H2,1H3,(H,24,27). The van der Waals surface area contributed by atoms with Gasteiger partial charge < -0.3 is 15.1 Å². The zero-order valence-electron chi connectivity index (χ0n) is 16.0. The van der Waals surface area contributed by atoms with Gasteiger partial charge in [0.15, 0.2) is 0 Å². The smallest absolute Gasteiger partial charge is 0.340 e. The number of piperazine rings is 1. The summed E-state index contributed by atoms with van der Waals surface area (Å²) in [6.45, 7) is 3.23. The summed E-state index contributed by atoms with van der Waals surface area (Å²) in [6.07, 6.45) is -2.00. The SMILES string of the molecule is CN1CCN(C(=O)C2CCC(C(=O)Nc3cccc(C(F)(F)F)c3)CC2)CC1. The van der Waals surface area contributed by atoms with E-state index in [-0.39, 0.29) is 29.3 Å². The van der Waals surface area contributed by atoms with Crippen molar-refractivity contribution in [1.82, 2.24) is 9.80 Å². The van der Waals surface area contributed by atoms with E-state index >= 15 is 0 Å². The molecule has 0 atom stereocenters. The minimum Gasteiger partial charge on any atom is -0.340 e. The predicted molar refractivity (Wildman–Crippen MR) is 99.6 cm³/mol. The Kier molecular flexibility index (Phi) is 6.27. The van der Waals surface area contributed by atoms with E-state index < -0.39 is 11.7 Å². The first-order chi connectivity index (χ1) is 13.2. The van der Waals surface area contributed by atoms with Gasteiger partial charge in [-0.25, -0.2) is 0 Å². The lowest BCUT2D eigenvalue weighted by atomic mass is 9.80. The van der Waals surface area contributed by atoms with Crippen LogP contribution in [0.15, 0.2) is 24.3 Å². The van der Waals surface area contributed by atoms with Gasteiger partial charge >= 0.3 is 6.18 Å². The molecule has 2 amide bonds. The topological polar surface area (TPSA) is 52.7 Å². The number of hydrogen-bond acceptors (Lipinski definition) is 3. The van der Waals surface area contributed by atoms with Crippen molar-refractivity contribution < 1.29 is 22.8 Å². The van der Waals surface area contributed by atoms with Crippen molar-refractivity contribution in [3.63, 3.8) is 0 Å². The Morgan fingerprint density at radius 2 is 1.61 bits per heavy atom. The maximum atomic E-state index is 12.8. The fourth-order valence-electron chi connectivity index (χ4n) is 3.91. The van der Waals surface area contributed by atoms with E-state index in [1.807, 2.05) is 11.9 Å². The monoisotopic (exact) mass is 397 g/mol. The predicted octanol–water partition coefficient (Wildman–Crippen LogP) is 3.22. The van der Waals surface area contributed by atoms with Gasteiger partial charge in [0.05, 0.1) is 5.56 Å². The number of anilines is 1. The molecule has 154 valence electrons. The van der Waals surface area contributed by atoms with Gasteiger partial charge in [-0.3, -0.25) is 9.59 Å². The van der Waals surface area contributed by atoms with Gasteiger partial charge in [-0.2, -0.15) is 13.2 Å². The lowest BCUT2D eigenvalue weighted by Gasteiger charge is -2.36. The molecule has 1 aromatic rings. The normalized spacial score (nSPS) is 24.1. The number of halogens is 3. The number of carbonyl (C=O) groups is 2. The molecule has 0 aromatic heterocycles. The molecule has 2 aliphatic rings. The Morgan fingerprint density at radius 3 is 2.21 bits per heavy atom. The summed E-state index contributed by atoms with van der Waals surface area (Å²) >= 11 is 0. The highest BCUT2D eigenvalue weighted by molar-refractivity contribution is 5.92. The number of carbonyl (C=O) groups excluding carboxylic acids is 2. The highest BCUT2D eigenvalue weighted by Crippen LogP contribution is 2.33. The summed E-state index contributed by atoms with van der Waals surface area (Å²) in [7, 11) is 2.04. The van der Waals surface area contributed by atoms with Crippen LogP contribution in [0.3, 0.4) is 0 Å². The number of rotatable bonds is 3. The molecule has 2 fully saturated rings. The van der Waals surface area contributed by atoms with E-state index in [2.05, 4.69) is 10.2 Å². The molecule has 5 nitrogen and oxygen atoms in total. The second-order valence-corrected chi connectivity index (χ2v) is 7.74. The molecule has 1 aromatic carbocycles. The summed E-state index contributed by atoms with van der Waals surface area (Å²) in [5.41, 5.74) is -0.637. The summed E-state index contributed by atoms with van der Waals surface area (Å²) < 4.78 is 38.4. The molecule has 1 heterocycles. The molecule has 1 saturated heterocycles. The third kappa shape index (κ3) is 5.04. The minimum absolute atomic E-state index is 0.0546. The average Bonchev–Trinajstić information content (AvgIpc) is 2.68. The number of hydrogen-bond donors (Lipinski definition) is 1. The van der Waals surface area contributed by atoms with Gasteiger partial charge in [0.25, 0.3) is 0 Å². The number of likely N-dealkylation sites (N-methyl/N-ethyl adjacent to an activating group) is 1. The second kappa shape index (κ2) is 8.51. The van der Waals surface area contributed by atoms with Crippen LogP contribution in [0, 0.1) is 11.8 Å². The summed E-state index contributed by atoms with van der Waals surface area (Å²) in [5.74, 6) is -0.429. The van der Waals surface area contributed by atoms with Crippen molar-refractivity contribution in [3.05, 3.63) is 29.8 Å². The third-order valence-corrected chi connectivity index (χ3v) is 5.72. The molecule has 1 aliphatic heterocycles. The molecule has 1 N–H and O–H groups in total. The molecular weight excluding hydrogens is 371 g/mol. The van der Waals surface area contributed by atoms with Gasteiger partial charge in [-0.15, -0.1) is 0 Å². The highest BCUT2D eigenvalue weighted by atomic mass is 19.4. The molecule has 0 unspecified atom stereocenters. The number of amides is 2. The number of benzene rings is 1. The van der Waals surface area contributed by atoms with E-state index in [0.717, 1.165) is 38.3 Å². The molecule has 8 heteroatoms. The zero-order chi connectivity index (χ0) is 20.3. The van der Waals surface area contributed by atoms with Gasteiger partial charge in [0.2, 0.25) is 11.8 Å². The van der Waals surface area contributed by atoms with Gasteiger partial charge in [0, 0.05) is 43.7 Å². The molecule has 0 bridgehead atoms. The maximum absolute atomic E-state index is 12.8. The lowest BCUT2D eigenvalue weighted by Crippen LogP contribution is -2.49. The van der Waals surface area contributed by atoms with Gasteiger partial charge in [-0.05, 0) is 50.9 Å². The van der Waals surface area contributed by atoms with Crippen molar-refractivity contribution in [1.29, 1.82) is 0 Å². The fourth-order valence-corrected chi connectivity index (χ4v) is 3.91. The Hall–Kier alpha value is -2.09. The number of nitrogens with one attached hydrogen (secondary N) is 1. The lowest BCUT2D eigenvalue weighted by molar-refractivity contribution is -0.139. The van der Waals surface area contributed by atoms with Gasteiger partial charge in [-0.1, -0.05) is 6.07 Å². The molecule has 0 spiro atoms. The molecule has 0 radical (unpaired) electrons. The van der Waals surface area contributed by atoms with Crippen LogP contribution in [0.2, 0.25) is 0 Å². The largest absolute Gasteiger partial charge is 0.416 e. The van der Waals surface area contributed by atoms with Crippen molar-refractivity contribution in [3.8, 4) is 0 Å². The summed E-state index contributed by atoms with van der Waals surface area (Å²) in [6, 6.07) is 4.66. The van der Waals surface area contributed by atoms with E-state index in [9.17, 15) is 22.8 Å². The van der Waals surface area contributed by atoms with E-state index in [4.69, 9.17) is 0 Å². The molecule has 1 saturated carbocycles. The van der Waals surface area contributed by atoms with Crippen molar-refractivity contribution >= 4 is 17.5 Å². The van der Waals surface area contributed by atoms with Gasteiger partial charge in [0.1, 0.15) is 0 Å². The Labute approximate surface area is 162 Å². The maximum Gasteiger partial charge on any atom is 0.416 e. The summed E-state index contributed by atoms with van der Waals surface area (Å²) in [5, 5.41) is 2.60. The van der Waals surface area contributed by atoms with Crippen LogP contribution in [0.4, 0.5) is 18.9 Å². The first kappa shape index (κ1) is 20.6. The first-order valence-electron chi connectivity index (χ1n) is 9.69. The van der Waals surface area contributed by atoms with E-state index in [0.29, 0.717) is 25.7 Å². The second-order valence-electron chi connectivity index (χ2n) is 7.74. The molecule has 3 rings (SSSR count). The molecule has 1 aliphatic carbocycles.